The number of carbonyl (C=O) groups excluding carboxylic acids is 4. The summed E-state index contributed by atoms with van der Waals surface area (Å²) >= 11 is 6.41. The van der Waals surface area contributed by atoms with Crippen LogP contribution in [0.3, 0.4) is 0 Å². The third-order valence-corrected chi connectivity index (χ3v) is 12.1. The second-order valence-electron chi connectivity index (χ2n) is 14.4. The molecule has 4 aliphatic rings. The number of fused-ring (bicyclic) bond motifs is 5. The molecule has 4 amide bonds. The van der Waals surface area contributed by atoms with Crippen LogP contribution >= 0.6 is 11.6 Å². The van der Waals surface area contributed by atoms with Gasteiger partial charge in [0, 0.05) is 16.5 Å². The number of hydrogen-bond acceptors (Lipinski definition) is 6. The van der Waals surface area contributed by atoms with Crippen molar-refractivity contribution in [3.63, 3.8) is 0 Å². The molecule has 2 heterocycles. The predicted octanol–water partition coefficient (Wildman–Crippen LogP) is 8.17. The van der Waals surface area contributed by atoms with Gasteiger partial charge in [0.2, 0.25) is 11.8 Å². The van der Waals surface area contributed by atoms with Gasteiger partial charge in [0.05, 0.1) is 34.5 Å². The Labute approximate surface area is 315 Å². The summed E-state index contributed by atoms with van der Waals surface area (Å²) in [6.45, 7) is 3.80. The molecule has 8 nitrogen and oxygen atoms in total. The number of phenols is 1. The standard InChI is InChI=1S/C44H33ClFN3O5/c1-2-24-7-18-30(19-8-24)48-40(51)33-21-20-32-34(37(33)42(48)53)23-35-41(52)49(47-29-16-14-28(46)15-17-29)43(54)44(35,26-10-12-27(45)13-11-26)39(32)38-31-6-4-3-5-25(31)9-22-36(38)50/h2-20,22,33-35,37,39,47,50H,1,21,23H2. The number of imide groups is 2. The quantitative estimate of drug-likeness (QED) is 0.135. The average Bonchev–Trinajstić information content (AvgIpc) is 3.57. The normalized spacial score (nSPS) is 26.0. The highest BCUT2D eigenvalue weighted by molar-refractivity contribution is 6.30. The fourth-order valence-electron chi connectivity index (χ4n) is 9.57. The minimum Gasteiger partial charge on any atom is -0.508 e. The van der Waals surface area contributed by atoms with Crippen LogP contribution in [-0.2, 0) is 24.6 Å². The van der Waals surface area contributed by atoms with E-state index in [1.54, 1.807) is 66.7 Å². The zero-order chi connectivity index (χ0) is 37.5. The van der Waals surface area contributed by atoms with Crippen LogP contribution in [0.4, 0.5) is 15.8 Å². The van der Waals surface area contributed by atoms with Crippen molar-refractivity contribution in [3.8, 4) is 5.75 Å². The van der Waals surface area contributed by atoms with Crippen molar-refractivity contribution in [2.45, 2.75) is 24.2 Å². The van der Waals surface area contributed by atoms with Crippen molar-refractivity contribution in [3.05, 3.63) is 155 Å². The zero-order valence-corrected chi connectivity index (χ0v) is 29.5. The van der Waals surface area contributed by atoms with Gasteiger partial charge in [-0.25, -0.2) is 4.39 Å². The summed E-state index contributed by atoms with van der Waals surface area (Å²) in [6.07, 6.45) is 3.94. The number of amides is 4. The molecule has 2 aliphatic carbocycles. The first kappa shape index (κ1) is 33.8. The van der Waals surface area contributed by atoms with Crippen LogP contribution in [0.15, 0.2) is 127 Å². The Kier molecular flexibility index (Phi) is 7.83. The number of phenolic OH excluding ortho intramolecular Hbond substituents is 1. The molecule has 9 rings (SSSR count). The van der Waals surface area contributed by atoms with Crippen molar-refractivity contribution in [2.75, 3.05) is 10.3 Å². The molecule has 0 spiro atoms. The average molecular weight is 738 g/mol. The summed E-state index contributed by atoms with van der Waals surface area (Å²) in [5.41, 5.74) is 4.60. The topological polar surface area (TPSA) is 107 Å². The van der Waals surface area contributed by atoms with E-state index in [-0.39, 0.29) is 30.4 Å². The van der Waals surface area contributed by atoms with Crippen molar-refractivity contribution in [2.24, 2.45) is 23.7 Å². The number of nitrogens with one attached hydrogen (secondary N) is 1. The van der Waals surface area contributed by atoms with Crippen LogP contribution in [0.25, 0.3) is 16.8 Å². The summed E-state index contributed by atoms with van der Waals surface area (Å²) in [5, 5.41) is 14.8. The van der Waals surface area contributed by atoms with Gasteiger partial charge in [0.15, 0.2) is 0 Å². The van der Waals surface area contributed by atoms with Gasteiger partial charge in [0.1, 0.15) is 11.6 Å². The van der Waals surface area contributed by atoms with Crippen molar-refractivity contribution in [1.82, 2.24) is 5.01 Å². The molecule has 5 aromatic rings. The van der Waals surface area contributed by atoms with Crippen molar-refractivity contribution >= 4 is 63.5 Å². The number of anilines is 2. The zero-order valence-electron chi connectivity index (χ0n) is 28.8. The van der Waals surface area contributed by atoms with Crippen LogP contribution < -0.4 is 10.3 Å². The molecule has 0 aromatic heterocycles. The number of nitrogens with zero attached hydrogens (tertiary/aromatic N) is 2. The van der Waals surface area contributed by atoms with E-state index < -0.39 is 52.6 Å². The van der Waals surface area contributed by atoms with Crippen LogP contribution in [0.1, 0.15) is 35.4 Å². The third kappa shape index (κ3) is 4.81. The van der Waals surface area contributed by atoms with Gasteiger partial charge >= 0.3 is 0 Å². The van der Waals surface area contributed by atoms with Gasteiger partial charge in [0.25, 0.3) is 11.8 Å². The first-order valence-corrected chi connectivity index (χ1v) is 18.2. The van der Waals surface area contributed by atoms with Gasteiger partial charge in [-0.05, 0) is 95.3 Å². The lowest BCUT2D eigenvalue weighted by molar-refractivity contribution is -0.138. The highest BCUT2D eigenvalue weighted by Gasteiger charge is 2.71. The van der Waals surface area contributed by atoms with Gasteiger partial charge in [-0.15, -0.1) is 0 Å². The third-order valence-electron chi connectivity index (χ3n) is 11.9. The highest BCUT2D eigenvalue weighted by atomic mass is 35.5. The molecule has 0 bridgehead atoms. The summed E-state index contributed by atoms with van der Waals surface area (Å²) < 4.78 is 13.9. The number of hydrogen-bond donors (Lipinski definition) is 2. The molecule has 2 aliphatic heterocycles. The SMILES string of the molecule is C=Cc1ccc(N2C(=O)C3CC=C4C(CC5C(=O)N(Nc6ccc(F)cc6)C(=O)C5(c5ccc(Cl)cc5)C4c4c(O)ccc5ccccc45)C3C2=O)cc1. The second-order valence-corrected chi connectivity index (χ2v) is 14.8. The maximum atomic E-state index is 15.5. The van der Waals surface area contributed by atoms with Crippen molar-refractivity contribution < 1.29 is 28.7 Å². The Hall–Kier alpha value is -6.06. The number of allylic oxidation sites excluding steroid dienone is 2. The Morgan fingerprint density at radius 3 is 2.28 bits per heavy atom. The molecule has 2 N–H and O–H groups in total. The Bertz CT molecular complexity index is 2450. The van der Waals surface area contributed by atoms with E-state index in [0.29, 0.717) is 38.5 Å². The minimum absolute atomic E-state index is 0.0718. The lowest BCUT2D eigenvalue weighted by atomic mass is 9.48. The molecule has 5 aromatic carbocycles. The monoisotopic (exact) mass is 737 g/mol. The second kappa shape index (κ2) is 12.5. The van der Waals surface area contributed by atoms with Crippen LogP contribution in [0.5, 0.6) is 5.75 Å². The summed E-state index contributed by atoms with van der Waals surface area (Å²) in [4.78, 5) is 60.4. The lowest BCUT2D eigenvalue weighted by Gasteiger charge is -2.51. The Morgan fingerprint density at radius 2 is 1.56 bits per heavy atom. The van der Waals surface area contributed by atoms with Gasteiger partial charge in [-0.3, -0.25) is 29.5 Å². The fourth-order valence-corrected chi connectivity index (χ4v) is 9.70. The number of benzene rings is 5. The lowest BCUT2D eigenvalue weighted by Crippen LogP contribution is -2.53. The number of carbonyl (C=O) groups is 4. The van der Waals surface area contributed by atoms with Crippen LogP contribution in [-0.4, -0.2) is 33.7 Å². The molecule has 0 radical (unpaired) electrons. The van der Waals surface area contributed by atoms with E-state index in [4.69, 9.17) is 11.6 Å². The maximum absolute atomic E-state index is 15.5. The number of hydrazine groups is 1. The van der Waals surface area contributed by atoms with E-state index in [1.807, 2.05) is 30.3 Å². The largest absolute Gasteiger partial charge is 0.508 e. The van der Waals surface area contributed by atoms with Gasteiger partial charge in [-0.1, -0.05) is 90.5 Å². The van der Waals surface area contributed by atoms with Gasteiger partial charge in [-0.2, -0.15) is 5.01 Å². The van der Waals surface area contributed by atoms with Crippen LogP contribution in [0, 0.1) is 29.5 Å². The molecular weight excluding hydrogens is 705 g/mol. The summed E-state index contributed by atoms with van der Waals surface area (Å²) in [6, 6.07) is 30.1. The summed E-state index contributed by atoms with van der Waals surface area (Å²) in [7, 11) is 0. The fraction of sp³-hybridized carbons (Fsp3) is 0.182. The van der Waals surface area contributed by atoms with E-state index >= 15 is 4.79 Å². The summed E-state index contributed by atoms with van der Waals surface area (Å²) in [5.74, 6) is -6.49. The first-order valence-electron chi connectivity index (χ1n) is 17.8. The number of aromatic hydroxyl groups is 1. The molecule has 268 valence electrons. The Morgan fingerprint density at radius 1 is 0.833 bits per heavy atom. The number of halogens is 2. The van der Waals surface area contributed by atoms with Gasteiger partial charge < -0.3 is 5.11 Å². The Balaban J connectivity index is 1.28. The van der Waals surface area contributed by atoms with E-state index in [1.165, 1.54) is 29.2 Å². The molecule has 6 unspecified atom stereocenters. The molecule has 1 saturated carbocycles. The molecular formula is C44H33ClFN3O5. The molecule has 54 heavy (non-hydrogen) atoms. The highest BCUT2D eigenvalue weighted by Crippen LogP contribution is 2.65. The molecule has 3 fully saturated rings. The first-order chi connectivity index (χ1) is 26.1. The van der Waals surface area contributed by atoms with E-state index in [2.05, 4.69) is 12.0 Å². The van der Waals surface area contributed by atoms with Crippen LogP contribution in [0.2, 0.25) is 5.02 Å². The minimum atomic E-state index is -1.63. The molecule has 2 saturated heterocycles. The van der Waals surface area contributed by atoms with E-state index in [9.17, 15) is 23.9 Å². The number of rotatable bonds is 6. The molecule has 6 atom stereocenters. The predicted molar refractivity (Wildman–Crippen MR) is 204 cm³/mol. The smallest absolute Gasteiger partial charge is 0.260 e. The van der Waals surface area contributed by atoms with E-state index in [0.717, 1.165) is 16.0 Å². The van der Waals surface area contributed by atoms with Crippen molar-refractivity contribution in [1.29, 1.82) is 0 Å². The molecule has 10 heteroatoms. The maximum Gasteiger partial charge on any atom is 0.260 e.